The molecule has 0 saturated heterocycles. The molecule has 0 aliphatic heterocycles. The minimum atomic E-state index is -0.305. The van der Waals surface area contributed by atoms with Crippen LogP contribution in [0.5, 0.6) is 5.75 Å². The highest BCUT2D eigenvalue weighted by Crippen LogP contribution is 2.25. The maximum Gasteiger partial charge on any atom is 0.255 e. The Morgan fingerprint density at radius 3 is 2.42 bits per heavy atom. The third-order valence-corrected chi connectivity index (χ3v) is 5.49. The van der Waals surface area contributed by atoms with E-state index in [1.54, 1.807) is 42.5 Å². The summed E-state index contributed by atoms with van der Waals surface area (Å²) in [5, 5.41) is 8.14. The Bertz CT molecular complexity index is 1300. The van der Waals surface area contributed by atoms with Crippen molar-refractivity contribution in [2.75, 3.05) is 17.2 Å². The molecule has 5 nitrogen and oxygen atoms in total. The van der Waals surface area contributed by atoms with Crippen LogP contribution in [-0.2, 0) is 11.2 Å². The molecular formula is C27H23ClN2O3. The zero-order valence-corrected chi connectivity index (χ0v) is 18.9. The highest BCUT2D eigenvalue weighted by Gasteiger charge is 2.13. The van der Waals surface area contributed by atoms with Crippen LogP contribution in [0, 0.1) is 0 Å². The molecule has 0 aromatic heterocycles. The van der Waals surface area contributed by atoms with Crippen molar-refractivity contribution in [2.24, 2.45) is 0 Å². The third-order valence-electron chi connectivity index (χ3n) is 5.16. The van der Waals surface area contributed by atoms with E-state index in [-0.39, 0.29) is 18.2 Å². The number of halogens is 1. The lowest BCUT2D eigenvalue weighted by Gasteiger charge is -2.11. The summed E-state index contributed by atoms with van der Waals surface area (Å²) in [6.45, 7) is 2.49. The summed E-state index contributed by atoms with van der Waals surface area (Å²) in [7, 11) is 0. The van der Waals surface area contributed by atoms with Gasteiger partial charge in [0.25, 0.3) is 5.91 Å². The maximum atomic E-state index is 12.8. The van der Waals surface area contributed by atoms with Crippen LogP contribution in [0.2, 0.25) is 5.02 Å². The number of fused-ring (bicyclic) bond motifs is 1. The number of hydrogen-bond donors (Lipinski definition) is 2. The smallest absolute Gasteiger partial charge is 0.255 e. The number of hydrogen-bond acceptors (Lipinski definition) is 3. The van der Waals surface area contributed by atoms with E-state index in [2.05, 4.69) is 10.6 Å². The van der Waals surface area contributed by atoms with E-state index in [0.717, 1.165) is 22.1 Å². The number of anilines is 2. The van der Waals surface area contributed by atoms with Crippen molar-refractivity contribution in [3.8, 4) is 5.75 Å². The summed E-state index contributed by atoms with van der Waals surface area (Å²) < 4.78 is 5.41. The quantitative estimate of drug-likeness (QED) is 0.340. The van der Waals surface area contributed by atoms with Gasteiger partial charge in [-0.05, 0) is 65.7 Å². The molecule has 0 unspecified atom stereocenters. The molecule has 166 valence electrons. The summed E-state index contributed by atoms with van der Waals surface area (Å²) in [6.07, 6.45) is 0.195. The molecule has 0 atom stereocenters. The van der Waals surface area contributed by atoms with Gasteiger partial charge in [-0.25, -0.2) is 0 Å². The first-order chi connectivity index (χ1) is 16.0. The lowest BCUT2D eigenvalue weighted by molar-refractivity contribution is -0.115. The van der Waals surface area contributed by atoms with E-state index in [1.807, 2.05) is 49.4 Å². The fourth-order valence-corrected chi connectivity index (χ4v) is 3.75. The largest absolute Gasteiger partial charge is 0.494 e. The standard InChI is InChI=1S/C27H23ClN2O3/c1-2-33-22-13-11-21(12-14-22)29-27(32)20-10-15-24(28)25(16-20)30-26(31)17-19-8-5-7-18-6-3-4-9-23(18)19/h3-16H,2,17H2,1H3,(H,29,32)(H,30,31). The van der Waals surface area contributed by atoms with Gasteiger partial charge in [0.2, 0.25) is 5.91 Å². The highest BCUT2D eigenvalue weighted by molar-refractivity contribution is 6.34. The van der Waals surface area contributed by atoms with Crippen LogP contribution in [0.25, 0.3) is 10.8 Å². The Morgan fingerprint density at radius 1 is 0.879 bits per heavy atom. The lowest BCUT2D eigenvalue weighted by Crippen LogP contribution is -2.16. The second kappa shape index (κ2) is 10.2. The van der Waals surface area contributed by atoms with E-state index >= 15 is 0 Å². The van der Waals surface area contributed by atoms with Crippen molar-refractivity contribution in [1.29, 1.82) is 0 Å². The number of rotatable bonds is 7. The van der Waals surface area contributed by atoms with E-state index in [4.69, 9.17) is 16.3 Å². The van der Waals surface area contributed by atoms with Gasteiger partial charge < -0.3 is 15.4 Å². The molecule has 0 bridgehead atoms. The predicted molar refractivity (Wildman–Crippen MR) is 133 cm³/mol. The molecule has 6 heteroatoms. The molecule has 0 aliphatic carbocycles. The normalized spacial score (nSPS) is 10.6. The zero-order valence-electron chi connectivity index (χ0n) is 18.1. The summed E-state index contributed by atoms with van der Waals surface area (Å²) in [4.78, 5) is 25.5. The van der Waals surface area contributed by atoms with Gasteiger partial charge in [-0.2, -0.15) is 0 Å². The Kier molecular flexibility index (Phi) is 6.91. The first kappa shape index (κ1) is 22.4. The van der Waals surface area contributed by atoms with Crippen LogP contribution < -0.4 is 15.4 Å². The van der Waals surface area contributed by atoms with Crippen molar-refractivity contribution in [2.45, 2.75) is 13.3 Å². The molecule has 2 amide bonds. The molecular weight excluding hydrogens is 436 g/mol. The summed E-state index contributed by atoms with van der Waals surface area (Å²) in [5.41, 5.74) is 2.33. The number of benzene rings is 4. The molecule has 0 heterocycles. The maximum absolute atomic E-state index is 12.8. The number of amides is 2. The molecule has 4 rings (SSSR count). The van der Waals surface area contributed by atoms with Gasteiger partial charge in [0, 0.05) is 11.3 Å². The lowest BCUT2D eigenvalue weighted by atomic mass is 10.0. The second-order valence-electron chi connectivity index (χ2n) is 7.47. The van der Waals surface area contributed by atoms with E-state index < -0.39 is 0 Å². The van der Waals surface area contributed by atoms with Gasteiger partial charge in [0.05, 0.1) is 23.7 Å². The van der Waals surface area contributed by atoms with Gasteiger partial charge in [0.1, 0.15) is 5.75 Å². The summed E-state index contributed by atoms with van der Waals surface area (Å²) in [6, 6.07) is 25.7. The van der Waals surface area contributed by atoms with Gasteiger partial charge in [-0.15, -0.1) is 0 Å². The molecule has 0 fully saturated rings. The van der Waals surface area contributed by atoms with E-state index in [0.29, 0.717) is 28.6 Å². The average molecular weight is 459 g/mol. The van der Waals surface area contributed by atoms with Crippen LogP contribution in [-0.4, -0.2) is 18.4 Å². The first-order valence-corrected chi connectivity index (χ1v) is 11.0. The summed E-state index contributed by atoms with van der Waals surface area (Å²) in [5.74, 6) is 0.218. The molecule has 0 aliphatic rings. The van der Waals surface area contributed by atoms with Crippen LogP contribution in [0.3, 0.4) is 0 Å². The SMILES string of the molecule is CCOc1ccc(NC(=O)c2ccc(Cl)c(NC(=O)Cc3cccc4ccccc34)c2)cc1. The van der Waals surface area contributed by atoms with Crippen LogP contribution in [0.1, 0.15) is 22.8 Å². The number of nitrogens with one attached hydrogen (secondary N) is 2. The van der Waals surface area contributed by atoms with Crippen LogP contribution in [0.15, 0.2) is 84.9 Å². The average Bonchev–Trinajstić information content (AvgIpc) is 2.82. The minimum absolute atomic E-state index is 0.195. The van der Waals surface area contributed by atoms with Crippen molar-refractivity contribution in [3.63, 3.8) is 0 Å². The zero-order chi connectivity index (χ0) is 23.2. The molecule has 4 aromatic carbocycles. The van der Waals surface area contributed by atoms with Gasteiger partial charge >= 0.3 is 0 Å². The first-order valence-electron chi connectivity index (χ1n) is 10.6. The fourth-order valence-electron chi connectivity index (χ4n) is 3.58. The molecule has 0 saturated carbocycles. The van der Waals surface area contributed by atoms with Crippen molar-refractivity contribution < 1.29 is 14.3 Å². The fraction of sp³-hybridized carbons (Fsp3) is 0.111. The van der Waals surface area contributed by atoms with E-state index in [1.165, 1.54) is 0 Å². The number of ether oxygens (including phenoxy) is 1. The van der Waals surface area contributed by atoms with Crippen LogP contribution >= 0.6 is 11.6 Å². The van der Waals surface area contributed by atoms with Crippen molar-refractivity contribution in [3.05, 3.63) is 101 Å². The Hall–Kier alpha value is -3.83. The van der Waals surface area contributed by atoms with Crippen molar-refractivity contribution in [1.82, 2.24) is 0 Å². The monoisotopic (exact) mass is 458 g/mol. The second-order valence-corrected chi connectivity index (χ2v) is 7.88. The summed E-state index contributed by atoms with van der Waals surface area (Å²) >= 11 is 6.29. The topological polar surface area (TPSA) is 67.4 Å². The third kappa shape index (κ3) is 5.51. The Balaban J connectivity index is 1.46. The van der Waals surface area contributed by atoms with Crippen molar-refractivity contribution >= 4 is 45.6 Å². The van der Waals surface area contributed by atoms with Crippen LogP contribution in [0.4, 0.5) is 11.4 Å². The van der Waals surface area contributed by atoms with Gasteiger partial charge in [-0.1, -0.05) is 54.1 Å². The predicted octanol–water partition coefficient (Wildman–Crippen LogP) is 6.33. The highest BCUT2D eigenvalue weighted by atomic mass is 35.5. The number of carbonyl (C=O) groups is 2. The van der Waals surface area contributed by atoms with E-state index in [9.17, 15) is 9.59 Å². The molecule has 0 radical (unpaired) electrons. The number of carbonyl (C=O) groups excluding carboxylic acids is 2. The van der Waals surface area contributed by atoms with Gasteiger partial charge in [0.15, 0.2) is 0 Å². The minimum Gasteiger partial charge on any atom is -0.494 e. The molecule has 0 spiro atoms. The Morgan fingerprint density at radius 2 is 1.64 bits per heavy atom. The molecule has 2 N–H and O–H groups in total. The molecule has 4 aromatic rings. The Labute approximate surface area is 197 Å². The van der Waals surface area contributed by atoms with Gasteiger partial charge in [-0.3, -0.25) is 9.59 Å². The molecule has 33 heavy (non-hydrogen) atoms.